The highest BCUT2D eigenvalue weighted by Gasteiger charge is 2.24. The molecule has 4 rings (SSSR count). The van der Waals surface area contributed by atoms with Crippen LogP contribution < -0.4 is 10.2 Å². The third-order valence-corrected chi connectivity index (χ3v) is 5.19. The van der Waals surface area contributed by atoms with Crippen molar-refractivity contribution in [1.29, 1.82) is 0 Å². The topological polar surface area (TPSA) is 100 Å². The Kier molecular flexibility index (Phi) is 4.83. The fraction of sp³-hybridized carbons (Fsp3) is 0.125. The number of aromatic hydroxyl groups is 3. The Labute approximate surface area is 172 Å². The molecule has 0 fully saturated rings. The molecular weight excluding hydrogens is 384 g/mol. The van der Waals surface area contributed by atoms with Gasteiger partial charge in [0.15, 0.2) is 16.9 Å². The van der Waals surface area contributed by atoms with Gasteiger partial charge in [-0.15, -0.1) is 0 Å². The number of phenols is 3. The van der Waals surface area contributed by atoms with Crippen molar-refractivity contribution in [2.24, 2.45) is 0 Å². The Morgan fingerprint density at radius 2 is 1.67 bits per heavy atom. The largest absolute Gasteiger partial charge is 0.508 e. The van der Waals surface area contributed by atoms with Gasteiger partial charge in [-0.3, -0.25) is 4.79 Å². The van der Waals surface area contributed by atoms with Crippen LogP contribution in [-0.2, 0) is 0 Å². The van der Waals surface area contributed by atoms with Gasteiger partial charge < -0.3 is 24.5 Å². The standard InChI is InChI=1S/C24H20O6/c1-13(16-9-8-15(25)10-18(16)26)17-11-21-22(23(28)24(17)29-2)19(27)12-20(30-21)14-6-4-3-5-7-14/h3-13,25-26,28H,1-2H3. The van der Waals surface area contributed by atoms with Gasteiger partial charge in [-0.05, 0) is 12.1 Å². The number of hydrogen-bond acceptors (Lipinski definition) is 6. The summed E-state index contributed by atoms with van der Waals surface area (Å²) in [6, 6.07) is 16.5. The van der Waals surface area contributed by atoms with E-state index in [-0.39, 0.29) is 34.0 Å². The predicted octanol–water partition coefficient (Wildman–Crippen LogP) is 4.74. The molecule has 3 aromatic carbocycles. The highest BCUT2D eigenvalue weighted by atomic mass is 16.5. The molecule has 0 aliphatic rings. The summed E-state index contributed by atoms with van der Waals surface area (Å²) in [7, 11) is 1.40. The third-order valence-electron chi connectivity index (χ3n) is 5.19. The molecule has 4 aromatic rings. The molecule has 152 valence electrons. The molecule has 30 heavy (non-hydrogen) atoms. The smallest absolute Gasteiger partial charge is 0.197 e. The van der Waals surface area contributed by atoms with E-state index in [0.29, 0.717) is 16.9 Å². The van der Waals surface area contributed by atoms with Crippen LogP contribution in [0.3, 0.4) is 0 Å². The van der Waals surface area contributed by atoms with Crippen LogP contribution >= 0.6 is 0 Å². The van der Waals surface area contributed by atoms with Gasteiger partial charge in [0.05, 0.1) is 7.11 Å². The molecular formula is C24H20O6. The lowest BCUT2D eigenvalue weighted by molar-refractivity contribution is 0.370. The highest BCUT2D eigenvalue weighted by Crippen LogP contribution is 2.44. The second-order valence-corrected chi connectivity index (χ2v) is 7.03. The van der Waals surface area contributed by atoms with E-state index in [2.05, 4.69) is 0 Å². The minimum atomic E-state index is -0.429. The predicted molar refractivity (Wildman–Crippen MR) is 113 cm³/mol. The lowest BCUT2D eigenvalue weighted by Crippen LogP contribution is -2.06. The Morgan fingerprint density at radius 1 is 0.933 bits per heavy atom. The first kappa shape index (κ1) is 19.4. The summed E-state index contributed by atoms with van der Waals surface area (Å²) in [6.07, 6.45) is 0. The van der Waals surface area contributed by atoms with E-state index in [4.69, 9.17) is 9.15 Å². The van der Waals surface area contributed by atoms with E-state index in [1.165, 1.54) is 25.3 Å². The van der Waals surface area contributed by atoms with Gasteiger partial charge in [0, 0.05) is 34.7 Å². The summed E-state index contributed by atoms with van der Waals surface area (Å²) in [6.45, 7) is 1.81. The fourth-order valence-corrected chi connectivity index (χ4v) is 3.65. The Morgan fingerprint density at radius 3 is 2.33 bits per heavy atom. The van der Waals surface area contributed by atoms with Gasteiger partial charge in [-0.2, -0.15) is 0 Å². The van der Waals surface area contributed by atoms with Crippen molar-refractivity contribution < 1.29 is 24.5 Å². The fourth-order valence-electron chi connectivity index (χ4n) is 3.65. The summed E-state index contributed by atoms with van der Waals surface area (Å²) in [5.74, 6) is -0.394. The molecule has 6 nitrogen and oxygen atoms in total. The quantitative estimate of drug-likeness (QED) is 0.454. The van der Waals surface area contributed by atoms with Gasteiger partial charge in [0.1, 0.15) is 28.2 Å². The molecule has 0 amide bonds. The monoisotopic (exact) mass is 404 g/mol. The van der Waals surface area contributed by atoms with Gasteiger partial charge in [-0.1, -0.05) is 43.3 Å². The van der Waals surface area contributed by atoms with Crippen molar-refractivity contribution in [2.75, 3.05) is 7.11 Å². The zero-order chi connectivity index (χ0) is 21.4. The van der Waals surface area contributed by atoms with Crippen LogP contribution in [0.5, 0.6) is 23.0 Å². The van der Waals surface area contributed by atoms with Crippen LogP contribution in [0, 0.1) is 0 Å². The van der Waals surface area contributed by atoms with Crippen molar-refractivity contribution >= 4 is 11.0 Å². The number of ether oxygens (including phenoxy) is 1. The minimum Gasteiger partial charge on any atom is -0.508 e. The van der Waals surface area contributed by atoms with Crippen LogP contribution in [0.25, 0.3) is 22.3 Å². The van der Waals surface area contributed by atoms with E-state index >= 15 is 0 Å². The Hall–Kier alpha value is -3.93. The first-order valence-corrected chi connectivity index (χ1v) is 9.35. The molecule has 0 aliphatic carbocycles. The van der Waals surface area contributed by atoms with E-state index in [1.807, 2.05) is 37.3 Å². The normalized spacial score (nSPS) is 12.1. The van der Waals surface area contributed by atoms with Crippen molar-refractivity contribution in [3.63, 3.8) is 0 Å². The second-order valence-electron chi connectivity index (χ2n) is 7.03. The molecule has 1 atom stereocenters. The van der Waals surface area contributed by atoms with E-state index in [1.54, 1.807) is 12.1 Å². The van der Waals surface area contributed by atoms with Gasteiger partial charge >= 0.3 is 0 Å². The van der Waals surface area contributed by atoms with Gasteiger partial charge in [-0.25, -0.2) is 0 Å². The summed E-state index contributed by atoms with van der Waals surface area (Å²) in [5.41, 5.74) is 1.60. The molecule has 1 unspecified atom stereocenters. The summed E-state index contributed by atoms with van der Waals surface area (Å²) in [5, 5.41) is 30.7. The third kappa shape index (κ3) is 3.22. The molecule has 1 heterocycles. The number of phenolic OH excluding ortho intramolecular Hbond substituents is 3. The van der Waals surface area contributed by atoms with Crippen molar-refractivity contribution in [3.8, 4) is 34.3 Å². The molecule has 0 radical (unpaired) electrons. The van der Waals surface area contributed by atoms with E-state index in [9.17, 15) is 20.1 Å². The Balaban J connectivity index is 1.96. The summed E-state index contributed by atoms with van der Waals surface area (Å²) < 4.78 is 11.4. The van der Waals surface area contributed by atoms with Crippen LogP contribution in [0.1, 0.15) is 24.0 Å². The highest BCUT2D eigenvalue weighted by molar-refractivity contribution is 5.89. The maximum absolute atomic E-state index is 12.8. The molecule has 0 aliphatic heterocycles. The summed E-state index contributed by atoms with van der Waals surface area (Å²) in [4.78, 5) is 12.8. The zero-order valence-electron chi connectivity index (χ0n) is 16.4. The van der Waals surface area contributed by atoms with Gasteiger partial charge in [0.25, 0.3) is 0 Å². The molecule has 1 aromatic heterocycles. The maximum atomic E-state index is 12.8. The lowest BCUT2D eigenvalue weighted by atomic mass is 9.90. The van der Waals surface area contributed by atoms with Crippen LogP contribution in [0.2, 0.25) is 0 Å². The Bertz CT molecular complexity index is 1290. The first-order valence-electron chi connectivity index (χ1n) is 9.35. The molecule has 0 spiro atoms. The zero-order valence-corrected chi connectivity index (χ0v) is 16.4. The average molecular weight is 404 g/mol. The first-order chi connectivity index (χ1) is 14.4. The number of methoxy groups -OCH3 is 1. The van der Waals surface area contributed by atoms with Crippen molar-refractivity contribution in [3.05, 3.63) is 82.0 Å². The number of benzene rings is 3. The SMILES string of the molecule is COc1c(C(C)c2ccc(O)cc2O)cc2oc(-c3ccccc3)cc(=O)c2c1O. The number of hydrogen-bond donors (Lipinski definition) is 3. The van der Waals surface area contributed by atoms with Crippen LogP contribution in [-0.4, -0.2) is 22.4 Å². The molecule has 0 saturated heterocycles. The molecule has 0 bridgehead atoms. The number of fused-ring (bicyclic) bond motifs is 1. The van der Waals surface area contributed by atoms with E-state index < -0.39 is 11.3 Å². The average Bonchev–Trinajstić information content (AvgIpc) is 2.73. The van der Waals surface area contributed by atoms with E-state index in [0.717, 1.165) is 5.56 Å². The summed E-state index contributed by atoms with van der Waals surface area (Å²) >= 11 is 0. The van der Waals surface area contributed by atoms with Crippen molar-refractivity contribution in [1.82, 2.24) is 0 Å². The number of rotatable bonds is 4. The van der Waals surface area contributed by atoms with Crippen molar-refractivity contribution in [2.45, 2.75) is 12.8 Å². The molecule has 6 heteroatoms. The van der Waals surface area contributed by atoms with Crippen LogP contribution in [0.15, 0.2) is 69.9 Å². The molecule has 0 saturated carbocycles. The lowest BCUT2D eigenvalue weighted by Gasteiger charge is -2.19. The molecule has 3 N–H and O–H groups in total. The minimum absolute atomic E-state index is 0.0254. The maximum Gasteiger partial charge on any atom is 0.197 e. The van der Waals surface area contributed by atoms with Gasteiger partial charge in [0.2, 0.25) is 0 Å². The van der Waals surface area contributed by atoms with Crippen LogP contribution in [0.4, 0.5) is 0 Å². The second kappa shape index (κ2) is 7.48.